The average molecular weight is 398 g/mol. The molecule has 0 bridgehead atoms. The van der Waals surface area contributed by atoms with Gasteiger partial charge in [-0.1, -0.05) is 31.4 Å². The van der Waals surface area contributed by atoms with Gasteiger partial charge in [-0.25, -0.2) is 4.79 Å². The van der Waals surface area contributed by atoms with Crippen LogP contribution in [-0.2, 0) is 9.59 Å². The van der Waals surface area contributed by atoms with E-state index in [0.29, 0.717) is 24.7 Å². The molecule has 1 saturated heterocycles. The van der Waals surface area contributed by atoms with Crippen LogP contribution in [0.4, 0.5) is 10.5 Å². The highest BCUT2D eigenvalue weighted by atomic mass is 16.3. The Morgan fingerprint density at radius 2 is 1.76 bits per heavy atom. The van der Waals surface area contributed by atoms with Crippen molar-refractivity contribution in [2.45, 2.75) is 44.1 Å². The van der Waals surface area contributed by atoms with Crippen LogP contribution in [0.3, 0.4) is 0 Å². The van der Waals surface area contributed by atoms with E-state index in [1.807, 2.05) is 24.3 Å². The number of aliphatic hydroxyl groups excluding tert-OH is 1. The van der Waals surface area contributed by atoms with Gasteiger partial charge in [0, 0.05) is 18.8 Å². The van der Waals surface area contributed by atoms with Crippen LogP contribution in [0.1, 0.15) is 43.6 Å². The van der Waals surface area contributed by atoms with Gasteiger partial charge in [-0.2, -0.15) is 0 Å². The Balaban J connectivity index is 1.37. The van der Waals surface area contributed by atoms with Gasteiger partial charge < -0.3 is 21.1 Å². The van der Waals surface area contributed by atoms with Gasteiger partial charge in [0.05, 0.1) is 12.0 Å². The summed E-state index contributed by atoms with van der Waals surface area (Å²) in [5, 5.41) is 20.8. The summed E-state index contributed by atoms with van der Waals surface area (Å²) in [6.07, 6.45) is 6.19. The zero-order valence-electron chi connectivity index (χ0n) is 16.2. The lowest BCUT2D eigenvalue weighted by atomic mass is 9.84. The maximum absolute atomic E-state index is 12.4. The van der Waals surface area contributed by atoms with E-state index in [1.54, 1.807) is 0 Å². The highest BCUT2D eigenvalue weighted by Gasteiger charge is 2.41. The number of benzene rings is 1. The van der Waals surface area contributed by atoms with Crippen LogP contribution in [0.5, 0.6) is 0 Å². The number of aliphatic hydroxyl groups is 1. The molecule has 1 aliphatic carbocycles. The van der Waals surface area contributed by atoms with Gasteiger partial charge in [0.1, 0.15) is 11.3 Å². The number of rotatable bonds is 3. The quantitative estimate of drug-likeness (QED) is 0.498. The number of fused-ring (bicyclic) bond motifs is 1. The van der Waals surface area contributed by atoms with Gasteiger partial charge in [0.25, 0.3) is 11.8 Å². The first-order valence-corrected chi connectivity index (χ1v) is 10.2. The van der Waals surface area contributed by atoms with Gasteiger partial charge in [-0.15, -0.1) is 0 Å². The maximum atomic E-state index is 12.4. The Morgan fingerprint density at radius 1 is 1.03 bits per heavy atom. The van der Waals surface area contributed by atoms with Gasteiger partial charge in [-0.3, -0.25) is 14.9 Å². The third-order valence-corrected chi connectivity index (χ3v) is 6.06. The predicted molar refractivity (Wildman–Crippen MR) is 107 cm³/mol. The maximum Gasteiger partial charge on any atom is 0.326 e. The molecule has 8 heteroatoms. The number of urea groups is 1. The summed E-state index contributed by atoms with van der Waals surface area (Å²) in [4.78, 5) is 36.8. The third kappa shape index (κ3) is 4.12. The van der Waals surface area contributed by atoms with Gasteiger partial charge >= 0.3 is 6.03 Å². The van der Waals surface area contributed by atoms with Gasteiger partial charge in [-0.05, 0) is 36.5 Å². The molecule has 0 spiro atoms. The second-order valence-corrected chi connectivity index (χ2v) is 7.97. The Kier molecular flexibility index (Phi) is 5.53. The number of amides is 4. The molecule has 2 atom stereocenters. The number of anilines is 1. The predicted octanol–water partition coefficient (Wildman–Crippen LogP) is 1.91. The smallest absolute Gasteiger partial charge is 0.326 e. The number of hydrogen-bond donors (Lipinski definition) is 5. The second-order valence-electron chi connectivity index (χ2n) is 7.97. The second kappa shape index (κ2) is 8.24. The molecule has 5 N–H and O–H groups in total. The van der Waals surface area contributed by atoms with Crippen LogP contribution in [-0.4, -0.2) is 42.1 Å². The standard InChI is InChI=1S/C21H26N4O4/c26-18-15-10-22-11-16(15)24-19(27)17(18)20(28)25-21(29)23-14-8-6-13(7-9-14)12-4-2-1-3-5-12/h6-9,12,15-16,22,26H,1-5,10-11H2,(H,24,27)(H2,23,25,28,29). The van der Waals surface area contributed by atoms with Crippen LogP contribution in [0.15, 0.2) is 35.6 Å². The molecule has 154 valence electrons. The summed E-state index contributed by atoms with van der Waals surface area (Å²) in [6.45, 7) is 1.000. The Morgan fingerprint density at radius 3 is 2.48 bits per heavy atom. The molecule has 29 heavy (non-hydrogen) atoms. The lowest BCUT2D eigenvalue weighted by Gasteiger charge is -2.26. The van der Waals surface area contributed by atoms with Crippen molar-refractivity contribution in [2.24, 2.45) is 5.92 Å². The average Bonchev–Trinajstić information content (AvgIpc) is 3.18. The molecule has 1 aromatic carbocycles. The van der Waals surface area contributed by atoms with E-state index < -0.39 is 23.4 Å². The lowest BCUT2D eigenvalue weighted by Crippen LogP contribution is -2.50. The minimum atomic E-state index is -0.915. The SMILES string of the molecule is O=C(NC(=O)C1=C(O)C2CNCC2NC1=O)Nc1ccc(C2CCCCC2)cc1. The van der Waals surface area contributed by atoms with Crippen LogP contribution in [0.2, 0.25) is 0 Å². The highest BCUT2D eigenvalue weighted by Crippen LogP contribution is 2.33. The normalized spacial score (nSPS) is 24.6. The summed E-state index contributed by atoms with van der Waals surface area (Å²) in [6, 6.07) is 6.64. The van der Waals surface area contributed by atoms with E-state index in [4.69, 9.17) is 0 Å². The van der Waals surface area contributed by atoms with Gasteiger partial charge in [0.2, 0.25) is 0 Å². The molecule has 2 unspecified atom stereocenters. The first-order chi connectivity index (χ1) is 14.0. The molecule has 2 heterocycles. The van der Waals surface area contributed by atoms with Crippen molar-refractivity contribution < 1.29 is 19.5 Å². The van der Waals surface area contributed by atoms with Crippen molar-refractivity contribution in [3.63, 3.8) is 0 Å². The Labute approximate surface area is 169 Å². The molecule has 2 fully saturated rings. The molecular weight excluding hydrogens is 372 g/mol. The fourth-order valence-electron chi connectivity index (χ4n) is 4.48. The molecule has 1 saturated carbocycles. The Hall–Kier alpha value is -2.87. The minimum absolute atomic E-state index is 0.240. The number of nitrogens with one attached hydrogen (secondary N) is 4. The number of carbonyl (C=O) groups excluding carboxylic acids is 3. The van der Waals surface area contributed by atoms with E-state index in [9.17, 15) is 19.5 Å². The first kappa shape index (κ1) is 19.4. The summed E-state index contributed by atoms with van der Waals surface area (Å²) in [5.74, 6) is -1.65. The van der Waals surface area contributed by atoms with Crippen LogP contribution in [0.25, 0.3) is 0 Å². The molecule has 4 rings (SSSR count). The van der Waals surface area contributed by atoms with E-state index in [2.05, 4.69) is 21.3 Å². The highest BCUT2D eigenvalue weighted by molar-refractivity contribution is 6.23. The number of carbonyl (C=O) groups is 3. The summed E-state index contributed by atoms with van der Waals surface area (Å²) < 4.78 is 0. The zero-order chi connectivity index (χ0) is 20.4. The lowest BCUT2D eigenvalue weighted by molar-refractivity contribution is -0.124. The molecule has 0 aromatic heterocycles. The first-order valence-electron chi connectivity index (χ1n) is 10.2. The molecule has 2 aliphatic heterocycles. The van der Waals surface area contributed by atoms with E-state index in [1.165, 1.54) is 37.7 Å². The van der Waals surface area contributed by atoms with Gasteiger partial charge in [0.15, 0.2) is 0 Å². The van der Waals surface area contributed by atoms with Crippen molar-refractivity contribution in [1.82, 2.24) is 16.0 Å². The largest absolute Gasteiger partial charge is 0.511 e. The molecule has 1 aromatic rings. The number of imide groups is 1. The third-order valence-electron chi connectivity index (χ3n) is 6.06. The fourth-order valence-corrected chi connectivity index (χ4v) is 4.48. The topological polar surface area (TPSA) is 120 Å². The Bertz CT molecular complexity index is 843. The molecule has 8 nitrogen and oxygen atoms in total. The van der Waals surface area contributed by atoms with Crippen LogP contribution >= 0.6 is 0 Å². The van der Waals surface area contributed by atoms with Crippen molar-refractivity contribution >= 4 is 23.5 Å². The van der Waals surface area contributed by atoms with E-state index in [0.717, 1.165) is 0 Å². The van der Waals surface area contributed by atoms with Crippen molar-refractivity contribution in [3.8, 4) is 0 Å². The molecule has 4 amide bonds. The summed E-state index contributed by atoms with van der Waals surface area (Å²) in [7, 11) is 0. The summed E-state index contributed by atoms with van der Waals surface area (Å²) >= 11 is 0. The van der Waals surface area contributed by atoms with E-state index >= 15 is 0 Å². The summed E-state index contributed by atoms with van der Waals surface area (Å²) in [5.41, 5.74) is 1.42. The van der Waals surface area contributed by atoms with Crippen molar-refractivity contribution in [1.29, 1.82) is 0 Å². The zero-order valence-corrected chi connectivity index (χ0v) is 16.2. The van der Waals surface area contributed by atoms with E-state index in [-0.39, 0.29) is 17.7 Å². The monoisotopic (exact) mass is 398 g/mol. The number of hydrogen-bond acceptors (Lipinski definition) is 5. The molecule has 0 radical (unpaired) electrons. The van der Waals surface area contributed by atoms with Crippen molar-refractivity contribution in [2.75, 3.05) is 18.4 Å². The van der Waals surface area contributed by atoms with Crippen LogP contribution < -0.4 is 21.3 Å². The minimum Gasteiger partial charge on any atom is -0.511 e. The fraction of sp³-hybridized carbons (Fsp3) is 0.476. The van der Waals surface area contributed by atoms with Crippen molar-refractivity contribution in [3.05, 3.63) is 41.2 Å². The van der Waals surface area contributed by atoms with Crippen LogP contribution in [0, 0.1) is 5.92 Å². The molecule has 3 aliphatic rings. The molecular formula is C21H26N4O4.